The number of pyridine rings is 1. The molecule has 0 radical (unpaired) electrons. The number of carbonyl (C=O) groups is 1. The monoisotopic (exact) mass is 331 g/mol. The number of amides is 2. The third kappa shape index (κ3) is 3.88. The number of hydrogen-bond donors (Lipinski definition) is 2. The molecule has 1 aromatic heterocycles. The zero-order chi connectivity index (χ0) is 17.2. The van der Waals surface area contributed by atoms with Gasteiger partial charge in [-0.25, -0.2) is 13.6 Å². The quantitative estimate of drug-likeness (QED) is 0.862. The van der Waals surface area contributed by atoms with Gasteiger partial charge in [-0.3, -0.25) is 4.98 Å². The third-order valence-corrected chi connectivity index (χ3v) is 4.21. The number of anilines is 1. The lowest BCUT2D eigenvalue weighted by Crippen LogP contribution is -2.30. The molecule has 6 heteroatoms. The largest absolute Gasteiger partial charge is 0.338 e. The molecule has 1 aliphatic carbocycles. The van der Waals surface area contributed by atoms with Crippen molar-refractivity contribution in [3.8, 4) is 11.1 Å². The topological polar surface area (TPSA) is 54.0 Å². The summed E-state index contributed by atoms with van der Waals surface area (Å²) in [5.74, 6) is -3.12. The standard InChI is InChI=1S/C18H19F2N3O/c1-12-4-5-13(14-3-2-7-21-11-14)9-16(12)23-17(24)22-8-6-15-10-18(15,19)20/h2-5,7,9,11,15H,6,8,10H2,1H3,(H2,22,23,24). The van der Waals surface area contributed by atoms with Gasteiger partial charge < -0.3 is 10.6 Å². The summed E-state index contributed by atoms with van der Waals surface area (Å²) >= 11 is 0. The molecule has 4 nitrogen and oxygen atoms in total. The number of nitrogens with one attached hydrogen (secondary N) is 2. The lowest BCUT2D eigenvalue weighted by molar-refractivity contribution is 0.0971. The van der Waals surface area contributed by atoms with Gasteiger partial charge in [0.1, 0.15) is 0 Å². The van der Waals surface area contributed by atoms with Crippen molar-refractivity contribution < 1.29 is 13.6 Å². The average Bonchev–Trinajstić information content (AvgIpc) is 3.17. The van der Waals surface area contributed by atoms with Crippen LogP contribution in [0.2, 0.25) is 0 Å². The van der Waals surface area contributed by atoms with Crippen LogP contribution in [0.1, 0.15) is 18.4 Å². The Morgan fingerprint density at radius 3 is 2.79 bits per heavy atom. The number of urea groups is 1. The second-order valence-electron chi connectivity index (χ2n) is 6.10. The lowest BCUT2D eigenvalue weighted by Gasteiger charge is -2.12. The van der Waals surface area contributed by atoms with Crippen LogP contribution in [0.15, 0.2) is 42.7 Å². The van der Waals surface area contributed by atoms with E-state index in [-0.39, 0.29) is 19.0 Å². The summed E-state index contributed by atoms with van der Waals surface area (Å²) < 4.78 is 25.6. The van der Waals surface area contributed by atoms with Crippen LogP contribution in [-0.2, 0) is 0 Å². The summed E-state index contributed by atoms with van der Waals surface area (Å²) in [4.78, 5) is 16.0. The maximum Gasteiger partial charge on any atom is 0.319 e. The van der Waals surface area contributed by atoms with Crippen molar-refractivity contribution in [1.82, 2.24) is 10.3 Å². The molecule has 1 heterocycles. The van der Waals surface area contributed by atoms with E-state index in [0.29, 0.717) is 12.1 Å². The second kappa shape index (κ2) is 6.55. The molecule has 24 heavy (non-hydrogen) atoms. The first-order valence-electron chi connectivity index (χ1n) is 7.89. The van der Waals surface area contributed by atoms with Gasteiger partial charge in [-0.2, -0.15) is 0 Å². The van der Waals surface area contributed by atoms with E-state index in [1.54, 1.807) is 12.4 Å². The summed E-state index contributed by atoms with van der Waals surface area (Å²) in [6, 6.07) is 9.17. The van der Waals surface area contributed by atoms with E-state index in [1.165, 1.54) is 0 Å². The van der Waals surface area contributed by atoms with E-state index in [9.17, 15) is 13.6 Å². The van der Waals surface area contributed by atoms with Gasteiger partial charge in [-0.1, -0.05) is 18.2 Å². The fourth-order valence-corrected chi connectivity index (χ4v) is 2.58. The van der Waals surface area contributed by atoms with Crippen molar-refractivity contribution in [3.63, 3.8) is 0 Å². The van der Waals surface area contributed by atoms with Gasteiger partial charge in [0, 0.05) is 42.5 Å². The minimum atomic E-state index is -2.53. The number of rotatable bonds is 5. The minimum Gasteiger partial charge on any atom is -0.338 e. The predicted molar refractivity (Wildman–Crippen MR) is 89.1 cm³/mol. The van der Waals surface area contributed by atoms with Crippen molar-refractivity contribution >= 4 is 11.7 Å². The number of nitrogens with zero attached hydrogens (tertiary/aromatic N) is 1. The fourth-order valence-electron chi connectivity index (χ4n) is 2.58. The van der Waals surface area contributed by atoms with Gasteiger partial charge in [0.2, 0.25) is 0 Å². The first-order valence-corrected chi connectivity index (χ1v) is 7.89. The highest BCUT2D eigenvalue weighted by Crippen LogP contribution is 2.50. The molecule has 1 saturated carbocycles. The fraction of sp³-hybridized carbons (Fsp3) is 0.333. The molecule has 3 rings (SSSR count). The van der Waals surface area contributed by atoms with E-state index in [2.05, 4.69) is 15.6 Å². The summed E-state index contributed by atoms with van der Waals surface area (Å²) in [5.41, 5.74) is 3.51. The van der Waals surface area contributed by atoms with Crippen LogP contribution >= 0.6 is 0 Å². The molecular weight excluding hydrogens is 312 g/mol. The number of halogens is 2. The Hall–Kier alpha value is -2.50. The zero-order valence-corrected chi connectivity index (χ0v) is 13.4. The molecule has 0 bridgehead atoms. The first-order chi connectivity index (χ1) is 11.5. The molecule has 1 atom stereocenters. The van der Waals surface area contributed by atoms with Crippen molar-refractivity contribution in [3.05, 3.63) is 48.3 Å². The molecule has 1 aliphatic rings. The Kier molecular flexibility index (Phi) is 4.46. The zero-order valence-electron chi connectivity index (χ0n) is 13.4. The van der Waals surface area contributed by atoms with E-state index < -0.39 is 11.8 Å². The van der Waals surface area contributed by atoms with E-state index in [1.807, 2.05) is 37.3 Å². The van der Waals surface area contributed by atoms with Crippen LogP contribution in [0.3, 0.4) is 0 Å². The highest BCUT2D eigenvalue weighted by Gasteiger charge is 2.55. The highest BCUT2D eigenvalue weighted by molar-refractivity contribution is 5.91. The summed E-state index contributed by atoms with van der Waals surface area (Å²) in [7, 11) is 0. The van der Waals surface area contributed by atoms with Crippen molar-refractivity contribution in [1.29, 1.82) is 0 Å². The third-order valence-electron chi connectivity index (χ3n) is 4.21. The van der Waals surface area contributed by atoms with Crippen LogP contribution in [0.25, 0.3) is 11.1 Å². The molecular formula is C18H19F2N3O. The van der Waals surface area contributed by atoms with Crippen LogP contribution in [0.4, 0.5) is 19.3 Å². The van der Waals surface area contributed by atoms with Gasteiger partial charge in [0.25, 0.3) is 5.92 Å². The Bertz CT molecular complexity index is 734. The van der Waals surface area contributed by atoms with Gasteiger partial charge in [-0.15, -0.1) is 0 Å². The van der Waals surface area contributed by atoms with Crippen LogP contribution in [0, 0.1) is 12.8 Å². The molecule has 0 aliphatic heterocycles. The number of aryl methyl sites for hydroxylation is 1. The molecule has 2 aromatic rings. The number of carbonyl (C=O) groups excluding carboxylic acids is 1. The highest BCUT2D eigenvalue weighted by atomic mass is 19.3. The molecule has 0 saturated heterocycles. The molecule has 126 valence electrons. The van der Waals surface area contributed by atoms with E-state index in [0.717, 1.165) is 16.7 Å². The van der Waals surface area contributed by atoms with Crippen molar-refractivity contribution in [2.75, 3.05) is 11.9 Å². The molecule has 1 aromatic carbocycles. The maximum atomic E-state index is 12.8. The summed E-state index contributed by atoms with van der Waals surface area (Å²) in [6.45, 7) is 2.14. The molecule has 1 fully saturated rings. The smallest absolute Gasteiger partial charge is 0.319 e. The number of hydrogen-bond acceptors (Lipinski definition) is 2. The van der Waals surface area contributed by atoms with Gasteiger partial charge in [0.15, 0.2) is 0 Å². The number of alkyl halides is 2. The normalized spacial score (nSPS) is 18.0. The predicted octanol–water partition coefficient (Wildman–Crippen LogP) is 4.22. The van der Waals surface area contributed by atoms with Gasteiger partial charge in [0.05, 0.1) is 0 Å². The molecule has 1 unspecified atom stereocenters. The Morgan fingerprint density at radius 2 is 2.12 bits per heavy atom. The Balaban J connectivity index is 1.59. The van der Waals surface area contributed by atoms with Crippen LogP contribution < -0.4 is 10.6 Å². The Morgan fingerprint density at radius 1 is 1.33 bits per heavy atom. The summed E-state index contributed by atoms with van der Waals surface area (Å²) in [6.07, 6.45) is 3.69. The number of benzene rings is 1. The molecule has 0 spiro atoms. The van der Waals surface area contributed by atoms with E-state index in [4.69, 9.17) is 0 Å². The van der Waals surface area contributed by atoms with E-state index >= 15 is 0 Å². The minimum absolute atomic E-state index is 0.0669. The van der Waals surface area contributed by atoms with Crippen molar-refractivity contribution in [2.24, 2.45) is 5.92 Å². The van der Waals surface area contributed by atoms with Gasteiger partial charge in [-0.05, 0) is 36.6 Å². The first kappa shape index (κ1) is 16.4. The second-order valence-corrected chi connectivity index (χ2v) is 6.10. The molecule has 2 amide bonds. The SMILES string of the molecule is Cc1ccc(-c2cccnc2)cc1NC(=O)NCCC1CC1(F)F. The summed E-state index contributed by atoms with van der Waals surface area (Å²) in [5, 5.41) is 5.41. The average molecular weight is 331 g/mol. The van der Waals surface area contributed by atoms with Crippen LogP contribution in [-0.4, -0.2) is 23.5 Å². The number of aromatic nitrogens is 1. The van der Waals surface area contributed by atoms with Crippen LogP contribution in [0.5, 0.6) is 0 Å². The maximum absolute atomic E-state index is 12.8. The van der Waals surface area contributed by atoms with Gasteiger partial charge >= 0.3 is 6.03 Å². The lowest BCUT2D eigenvalue weighted by atomic mass is 10.0. The molecule has 2 N–H and O–H groups in total. The Labute approximate surface area is 139 Å². The van der Waals surface area contributed by atoms with Crippen molar-refractivity contribution in [2.45, 2.75) is 25.7 Å².